The summed E-state index contributed by atoms with van der Waals surface area (Å²) in [6.07, 6.45) is 0. The third-order valence-electron chi connectivity index (χ3n) is 3.47. The standard InChI is InChI=1S/C17H17ClN2O/c1-17(2,3)11-7-5-4-6-10(11)16-20-14-8-12(18)13(19)9-15(14)21-16/h4-9H,19H2,1-3H3. The molecule has 1 aromatic heterocycles. The zero-order valence-electron chi connectivity index (χ0n) is 12.3. The monoisotopic (exact) mass is 300 g/mol. The Morgan fingerprint density at radius 1 is 1.14 bits per heavy atom. The van der Waals surface area contributed by atoms with Crippen molar-refractivity contribution in [3.8, 4) is 11.5 Å². The number of oxazole rings is 1. The molecule has 1 heterocycles. The minimum Gasteiger partial charge on any atom is -0.436 e. The first kappa shape index (κ1) is 14.0. The van der Waals surface area contributed by atoms with E-state index in [1.54, 1.807) is 12.1 Å². The van der Waals surface area contributed by atoms with Crippen LogP contribution >= 0.6 is 11.6 Å². The molecule has 0 radical (unpaired) electrons. The smallest absolute Gasteiger partial charge is 0.227 e. The van der Waals surface area contributed by atoms with E-state index >= 15 is 0 Å². The maximum absolute atomic E-state index is 6.04. The molecule has 0 bridgehead atoms. The SMILES string of the molecule is CC(C)(C)c1ccccc1-c1nc2cc(Cl)c(N)cc2o1. The van der Waals surface area contributed by atoms with Crippen molar-refractivity contribution in [2.45, 2.75) is 26.2 Å². The molecule has 3 aromatic rings. The number of aromatic nitrogens is 1. The topological polar surface area (TPSA) is 52.0 Å². The lowest BCUT2D eigenvalue weighted by molar-refractivity contribution is 0.579. The number of nitrogens with zero attached hydrogens (tertiary/aromatic N) is 1. The molecule has 0 aliphatic carbocycles. The molecule has 0 saturated carbocycles. The van der Waals surface area contributed by atoms with Gasteiger partial charge < -0.3 is 10.2 Å². The van der Waals surface area contributed by atoms with Crippen LogP contribution in [0.3, 0.4) is 0 Å². The minimum atomic E-state index is 0.00786. The molecule has 0 unspecified atom stereocenters. The Morgan fingerprint density at radius 3 is 2.57 bits per heavy atom. The normalized spacial score (nSPS) is 12.0. The van der Waals surface area contributed by atoms with Crippen molar-refractivity contribution in [1.29, 1.82) is 0 Å². The summed E-state index contributed by atoms with van der Waals surface area (Å²) in [7, 11) is 0. The molecule has 0 atom stereocenters. The van der Waals surface area contributed by atoms with E-state index in [4.69, 9.17) is 21.8 Å². The molecular weight excluding hydrogens is 284 g/mol. The second-order valence-electron chi connectivity index (χ2n) is 6.16. The van der Waals surface area contributed by atoms with Crippen LogP contribution in [-0.2, 0) is 5.41 Å². The first-order chi connectivity index (χ1) is 9.86. The first-order valence-corrected chi connectivity index (χ1v) is 7.19. The zero-order valence-corrected chi connectivity index (χ0v) is 13.0. The van der Waals surface area contributed by atoms with E-state index in [0.717, 1.165) is 5.56 Å². The van der Waals surface area contributed by atoms with Crippen molar-refractivity contribution in [3.05, 3.63) is 47.0 Å². The second-order valence-corrected chi connectivity index (χ2v) is 6.56. The van der Waals surface area contributed by atoms with E-state index in [2.05, 4.69) is 31.8 Å². The molecule has 3 rings (SSSR count). The summed E-state index contributed by atoms with van der Waals surface area (Å²) in [5, 5.41) is 0.492. The van der Waals surface area contributed by atoms with E-state index < -0.39 is 0 Å². The summed E-state index contributed by atoms with van der Waals surface area (Å²) in [6.45, 7) is 6.51. The third kappa shape index (κ3) is 2.49. The zero-order chi connectivity index (χ0) is 15.2. The number of benzene rings is 2. The van der Waals surface area contributed by atoms with Gasteiger partial charge in [-0.2, -0.15) is 0 Å². The van der Waals surface area contributed by atoms with Crippen LogP contribution < -0.4 is 5.73 Å². The minimum absolute atomic E-state index is 0.00786. The molecule has 0 fully saturated rings. The number of rotatable bonds is 1. The highest BCUT2D eigenvalue weighted by Gasteiger charge is 2.21. The van der Waals surface area contributed by atoms with Gasteiger partial charge in [0.25, 0.3) is 0 Å². The average Bonchev–Trinajstić information content (AvgIpc) is 2.81. The molecule has 108 valence electrons. The van der Waals surface area contributed by atoms with Gasteiger partial charge in [-0.15, -0.1) is 0 Å². The first-order valence-electron chi connectivity index (χ1n) is 6.82. The summed E-state index contributed by atoms with van der Waals surface area (Å²) >= 11 is 6.04. The summed E-state index contributed by atoms with van der Waals surface area (Å²) in [6, 6.07) is 11.6. The van der Waals surface area contributed by atoms with Gasteiger partial charge in [-0.1, -0.05) is 50.6 Å². The number of halogens is 1. The fourth-order valence-electron chi connectivity index (χ4n) is 2.40. The molecule has 0 aliphatic heterocycles. The number of fused-ring (bicyclic) bond motifs is 1. The van der Waals surface area contributed by atoms with Crippen LogP contribution in [0.25, 0.3) is 22.6 Å². The van der Waals surface area contributed by atoms with Crippen molar-refractivity contribution in [3.63, 3.8) is 0 Å². The van der Waals surface area contributed by atoms with Crippen molar-refractivity contribution < 1.29 is 4.42 Å². The predicted molar refractivity (Wildman–Crippen MR) is 87.6 cm³/mol. The highest BCUT2D eigenvalue weighted by molar-refractivity contribution is 6.33. The molecule has 3 nitrogen and oxygen atoms in total. The molecule has 21 heavy (non-hydrogen) atoms. The fraction of sp³-hybridized carbons (Fsp3) is 0.235. The maximum Gasteiger partial charge on any atom is 0.227 e. The van der Waals surface area contributed by atoms with Gasteiger partial charge in [0.1, 0.15) is 5.52 Å². The Kier molecular flexibility index (Phi) is 3.18. The van der Waals surface area contributed by atoms with Gasteiger partial charge in [-0.25, -0.2) is 4.98 Å². The van der Waals surface area contributed by atoms with Crippen LogP contribution in [0.5, 0.6) is 0 Å². The van der Waals surface area contributed by atoms with E-state index in [1.807, 2.05) is 18.2 Å². The molecule has 0 saturated heterocycles. The Balaban J connectivity index is 2.22. The Bertz CT molecular complexity index is 776. The van der Waals surface area contributed by atoms with Gasteiger partial charge in [0.05, 0.1) is 10.7 Å². The highest BCUT2D eigenvalue weighted by Crippen LogP contribution is 2.35. The molecule has 0 spiro atoms. The lowest BCUT2D eigenvalue weighted by atomic mass is 9.84. The number of hydrogen-bond donors (Lipinski definition) is 1. The predicted octanol–water partition coefficient (Wildman–Crippen LogP) is 5.03. The molecule has 2 N–H and O–H groups in total. The van der Waals surface area contributed by atoms with Gasteiger partial charge in [-0.05, 0) is 23.1 Å². The molecule has 4 heteroatoms. The average molecular weight is 301 g/mol. The Morgan fingerprint density at radius 2 is 1.86 bits per heavy atom. The van der Waals surface area contributed by atoms with Crippen LogP contribution in [0.1, 0.15) is 26.3 Å². The van der Waals surface area contributed by atoms with Crippen LogP contribution in [0.2, 0.25) is 5.02 Å². The van der Waals surface area contributed by atoms with Gasteiger partial charge >= 0.3 is 0 Å². The van der Waals surface area contributed by atoms with Crippen molar-refractivity contribution in [1.82, 2.24) is 4.98 Å². The maximum atomic E-state index is 6.04. The molecular formula is C17H17ClN2O. The van der Waals surface area contributed by atoms with Crippen LogP contribution in [0.15, 0.2) is 40.8 Å². The van der Waals surface area contributed by atoms with Crippen molar-refractivity contribution in [2.24, 2.45) is 0 Å². The van der Waals surface area contributed by atoms with E-state index in [1.165, 1.54) is 5.56 Å². The lowest BCUT2D eigenvalue weighted by Crippen LogP contribution is -2.12. The molecule has 0 aliphatic rings. The fourth-order valence-corrected chi connectivity index (χ4v) is 2.56. The summed E-state index contributed by atoms with van der Waals surface area (Å²) in [4.78, 5) is 4.55. The van der Waals surface area contributed by atoms with Gasteiger partial charge in [0, 0.05) is 11.6 Å². The van der Waals surface area contributed by atoms with Gasteiger partial charge in [0.15, 0.2) is 5.58 Å². The van der Waals surface area contributed by atoms with Gasteiger partial charge in [0.2, 0.25) is 5.89 Å². The van der Waals surface area contributed by atoms with Crippen LogP contribution in [-0.4, -0.2) is 4.98 Å². The van der Waals surface area contributed by atoms with Crippen molar-refractivity contribution in [2.75, 3.05) is 5.73 Å². The Labute approximate surface area is 128 Å². The van der Waals surface area contributed by atoms with E-state index in [9.17, 15) is 0 Å². The number of nitrogen functional groups attached to an aromatic ring is 1. The number of anilines is 1. The van der Waals surface area contributed by atoms with Crippen LogP contribution in [0, 0.1) is 0 Å². The number of nitrogens with two attached hydrogens (primary N) is 1. The summed E-state index contributed by atoms with van der Waals surface area (Å²) in [5.74, 6) is 0.595. The molecule has 0 amide bonds. The van der Waals surface area contributed by atoms with Crippen molar-refractivity contribution >= 4 is 28.4 Å². The largest absolute Gasteiger partial charge is 0.436 e. The second kappa shape index (κ2) is 4.78. The highest BCUT2D eigenvalue weighted by atomic mass is 35.5. The Hall–Kier alpha value is -2.00. The quantitative estimate of drug-likeness (QED) is 0.641. The van der Waals surface area contributed by atoms with Crippen LogP contribution in [0.4, 0.5) is 5.69 Å². The van der Waals surface area contributed by atoms with E-state index in [-0.39, 0.29) is 5.41 Å². The summed E-state index contributed by atoms with van der Waals surface area (Å²) < 4.78 is 5.88. The lowest BCUT2D eigenvalue weighted by Gasteiger charge is -2.21. The van der Waals surface area contributed by atoms with E-state index in [0.29, 0.717) is 27.7 Å². The molecule has 2 aromatic carbocycles. The third-order valence-corrected chi connectivity index (χ3v) is 3.80. The summed E-state index contributed by atoms with van der Waals surface area (Å²) in [5.41, 5.74) is 9.87. The van der Waals surface area contributed by atoms with Gasteiger partial charge in [-0.3, -0.25) is 0 Å². The number of hydrogen-bond acceptors (Lipinski definition) is 3.